The fraction of sp³-hybridized carbons (Fsp3) is 0.214. The maximum atomic E-state index is 9.33. The van der Waals surface area contributed by atoms with Crippen LogP contribution in [-0.2, 0) is 0 Å². The van der Waals surface area contributed by atoms with Gasteiger partial charge < -0.3 is 10.8 Å². The normalized spacial score (nSPS) is 11.1. The molecule has 0 bridgehead atoms. The standard InChI is InChI=1S/C14H18N2O/c1-9(2)7-14(16-10(3)4)12-6-5-11(17)8-13(12)15/h5-8,17H,1,15H2,2-4H3/b14-7-. The largest absolute Gasteiger partial charge is 0.508 e. The lowest BCUT2D eigenvalue weighted by atomic mass is 10.1. The number of benzene rings is 1. The fourth-order valence-electron chi connectivity index (χ4n) is 1.43. The highest BCUT2D eigenvalue weighted by Crippen LogP contribution is 2.27. The molecule has 0 aliphatic heterocycles. The van der Waals surface area contributed by atoms with E-state index in [4.69, 9.17) is 5.73 Å². The molecule has 0 fully saturated rings. The third-order valence-electron chi connectivity index (χ3n) is 2.04. The van der Waals surface area contributed by atoms with Crippen molar-refractivity contribution in [1.82, 2.24) is 0 Å². The number of hydrogen-bond donors (Lipinski definition) is 2. The minimum atomic E-state index is 0.151. The van der Waals surface area contributed by atoms with Gasteiger partial charge in [0.25, 0.3) is 0 Å². The molecular weight excluding hydrogens is 212 g/mol. The van der Waals surface area contributed by atoms with Crippen molar-refractivity contribution in [3.05, 3.63) is 42.0 Å². The Morgan fingerprint density at radius 3 is 2.47 bits per heavy atom. The molecule has 1 aromatic carbocycles. The average Bonchev–Trinajstić information content (AvgIpc) is 2.14. The summed E-state index contributed by atoms with van der Waals surface area (Å²) >= 11 is 0. The summed E-state index contributed by atoms with van der Waals surface area (Å²) in [4.78, 5) is 4.43. The second-order valence-corrected chi connectivity index (χ2v) is 4.21. The summed E-state index contributed by atoms with van der Waals surface area (Å²) in [6, 6.07) is 4.87. The molecule has 1 aromatic rings. The van der Waals surface area contributed by atoms with Crippen LogP contribution in [0.2, 0.25) is 0 Å². The van der Waals surface area contributed by atoms with E-state index in [9.17, 15) is 5.11 Å². The Morgan fingerprint density at radius 1 is 1.35 bits per heavy atom. The summed E-state index contributed by atoms with van der Waals surface area (Å²) in [5.41, 5.74) is 9.77. The van der Waals surface area contributed by atoms with E-state index >= 15 is 0 Å². The van der Waals surface area contributed by atoms with E-state index in [0.29, 0.717) is 5.69 Å². The Hall–Kier alpha value is -2.03. The van der Waals surface area contributed by atoms with Crippen LogP contribution in [0.25, 0.3) is 5.70 Å². The predicted molar refractivity (Wildman–Crippen MR) is 74.1 cm³/mol. The van der Waals surface area contributed by atoms with Gasteiger partial charge in [0.1, 0.15) is 5.75 Å². The third kappa shape index (κ3) is 3.79. The van der Waals surface area contributed by atoms with Gasteiger partial charge in [-0.2, -0.15) is 0 Å². The quantitative estimate of drug-likeness (QED) is 0.475. The number of hydrogen-bond acceptors (Lipinski definition) is 3. The maximum Gasteiger partial charge on any atom is 0.117 e. The lowest BCUT2D eigenvalue weighted by Crippen LogP contribution is -1.94. The van der Waals surface area contributed by atoms with Gasteiger partial charge in [-0.05, 0) is 39.0 Å². The monoisotopic (exact) mass is 230 g/mol. The topological polar surface area (TPSA) is 58.6 Å². The molecule has 0 spiro atoms. The number of nitrogen functional groups attached to an aromatic ring is 1. The van der Waals surface area contributed by atoms with Gasteiger partial charge in [-0.1, -0.05) is 12.2 Å². The lowest BCUT2D eigenvalue weighted by Gasteiger charge is -2.08. The second-order valence-electron chi connectivity index (χ2n) is 4.21. The molecule has 0 amide bonds. The van der Waals surface area contributed by atoms with Gasteiger partial charge in [0.15, 0.2) is 0 Å². The van der Waals surface area contributed by atoms with Crippen molar-refractivity contribution in [1.29, 1.82) is 0 Å². The molecule has 3 nitrogen and oxygen atoms in total. The van der Waals surface area contributed by atoms with Crippen LogP contribution < -0.4 is 5.73 Å². The number of phenolic OH excluding ortho intramolecular Hbond substituents is 1. The van der Waals surface area contributed by atoms with E-state index < -0.39 is 0 Å². The molecule has 0 aromatic heterocycles. The first-order chi connectivity index (χ1) is 7.90. The zero-order chi connectivity index (χ0) is 13.0. The third-order valence-corrected chi connectivity index (χ3v) is 2.04. The van der Waals surface area contributed by atoms with Crippen molar-refractivity contribution in [2.24, 2.45) is 4.99 Å². The Morgan fingerprint density at radius 2 is 2.00 bits per heavy atom. The molecular formula is C14H18N2O. The van der Waals surface area contributed by atoms with Crippen molar-refractivity contribution in [3.8, 4) is 5.75 Å². The van der Waals surface area contributed by atoms with Gasteiger partial charge in [0, 0.05) is 23.0 Å². The van der Waals surface area contributed by atoms with Crippen molar-refractivity contribution in [2.45, 2.75) is 20.8 Å². The van der Waals surface area contributed by atoms with Gasteiger partial charge in [0.2, 0.25) is 0 Å². The minimum Gasteiger partial charge on any atom is -0.508 e. The Bertz CT molecular complexity index is 495. The van der Waals surface area contributed by atoms with Crippen LogP contribution in [-0.4, -0.2) is 10.8 Å². The summed E-state index contributed by atoms with van der Waals surface area (Å²) in [5, 5.41) is 9.33. The van der Waals surface area contributed by atoms with E-state index in [1.165, 1.54) is 6.07 Å². The smallest absolute Gasteiger partial charge is 0.117 e. The van der Waals surface area contributed by atoms with Gasteiger partial charge in [-0.3, -0.25) is 4.99 Å². The summed E-state index contributed by atoms with van der Waals surface area (Å²) in [7, 11) is 0. The molecule has 0 aliphatic carbocycles. The van der Waals surface area contributed by atoms with Crippen LogP contribution in [0.3, 0.4) is 0 Å². The molecule has 0 radical (unpaired) electrons. The van der Waals surface area contributed by atoms with E-state index in [1.54, 1.807) is 12.1 Å². The molecule has 0 saturated carbocycles. The summed E-state index contributed by atoms with van der Waals surface area (Å²) in [6.07, 6.45) is 1.87. The second kappa shape index (κ2) is 5.34. The highest BCUT2D eigenvalue weighted by atomic mass is 16.3. The SMILES string of the molecule is C=C(C)/C=C(\N=C(C)C)c1ccc(O)cc1N. The zero-order valence-corrected chi connectivity index (χ0v) is 10.5. The molecule has 3 heteroatoms. The van der Waals surface area contributed by atoms with E-state index in [-0.39, 0.29) is 5.75 Å². The highest BCUT2D eigenvalue weighted by Gasteiger charge is 2.05. The van der Waals surface area contributed by atoms with Crippen LogP contribution in [0, 0.1) is 0 Å². The molecule has 1 rings (SSSR count). The highest BCUT2D eigenvalue weighted by molar-refractivity contribution is 5.88. The zero-order valence-electron chi connectivity index (χ0n) is 10.5. The summed E-state index contributed by atoms with van der Waals surface area (Å²) in [6.45, 7) is 9.58. The predicted octanol–water partition coefficient (Wildman–Crippen LogP) is 3.37. The van der Waals surface area contributed by atoms with Crippen LogP contribution >= 0.6 is 0 Å². The van der Waals surface area contributed by atoms with E-state index in [0.717, 1.165) is 22.5 Å². The van der Waals surface area contributed by atoms with Gasteiger partial charge in [0.05, 0.1) is 5.70 Å². The number of phenols is 1. The van der Waals surface area contributed by atoms with Crippen molar-refractivity contribution in [3.63, 3.8) is 0 Å². The molecule has 3 N–H and O–H groups in total. The fourth-order valence-corrected chi connectivity index (χ4v) is 1.43. The van der Waals surface area contributed by atoms with E-state index in [2.05, 4.69) is 11.6 Å². The van der Waals surface area contributed by atoms with Crippen molar-refractivity contribution < 1.29 is 5.11 Å². The maximum absolute atomic E-state index is 9.33. The number of anilines is 1. The number of nitrogens with zero attached hydrogens (tertiary/aromatic N) is 1. The molecule has 90 valence electrons. The van der Waals surface area contributed by atoms with Gasteiger partial charge in [-0.25, -0.2) is 0 Å². The first-order valence-corrected chi connectivity index (χ1v) is 5.38. The van der Waals surface area contributed by atoms with Gasteiger partial charge >= 0.3 is 0 Å². The molecule has 17 heavy (non-hydrogen) atoms. The van der Waals surface area contributed by atoms with Crippen LogP contribution in [0.5, 0.6) is 5.75 Å². The van der Waals surface area contributed by atoms with Crippen molar-refractivity contribution >= 4 is 17.1 Å². The molecule has 0 atom stereocenters. The first-order valence-electron chi connectivity index (χ1n) is 5.38. The Labute approximate surface area is 102 Å². The Kier molecular flexibility index (Phi) is 4.10. The minimum absolute atomic E-state index is 0.151. The van der Waals surface area contributed by atoms with Crippen molar-refractivity contribution in [2.75, 3.05) is 5.73 Å². The number of aromatic hydroxyl groups is 1. The summed E-state index contributed by atoms with van der Waals surface area (Å²) < 4.78 is 0. The number of aliphatic imine (C=N–C) groups is 1. The first kappa shape index (κ1) is 13.0. The van der Waals surface area contributed by atoms with E-state index in [1.807, 2.05) is 26.8 Å². The number of nitrogens with two attached hydrogens (primary N) is 1. The average molecular weight is 230 g/mol. The molecule has 0 heterocycles. The number of allylic oxidation sites excluding steroid dienone is 2. The van der Waals surface area contributed by atoms with Crippen LogP contribution in [0.15, 0.2) is 41.4 Å². The van der Waals surface area contributed by atoms with Crippen LogP contribution in [0.4, 0.5) is 5.69 Å². The lowest BCUT2D eigenvalue weighted by molar-refractivity contribution is 0.475. The molecule has 0 saturated heterocycles. The van der Waals surface area contributed by atoms with Gasteiger partial charge in [-0.15, -0.1) is 0 Å². The molecule has 0 unspecified atom stereocenters. The molecule has 0 aliphatic rings. The Balaban J connectivity index is 3.32. The van der Waals surface area contributed by atoms with Crippen LogP contribution in [0.1, 0.15) is 26.3 Å². The number of rotatable bonds is 3. The summed E-state index contributed by atoms with van der Waals surface area (Å²) in [5.74, 6) is 0.151.